The highest BCUT2D eigenvalue weighted by molar-refractivity contribution is 5.93. The number of hydrogen-bond acceptors (Lipinski definition) is 2. The average Bonchev–Trinajstić information content (AvgIpc) is 2.25. The fourth-order valence-electron chi connectivity index (χ4n) is 1.44. The monoisotopic (exact) mass is 355 g/mol. The van der Waals surface area contributed by atoms with E-state index in [0.717, 1.165) is 0 Å². The number of ether oxygens (including phenoxy) is 1. The van der Waals surface area contributed by atoms with Gasteiger partial charge in [0, 0.05) is 5.69 Å². The van der Waals surface area contributed by atoms with E-state index in [1.807, 2.05) is 0 Å². The second kappa shape index (κ2) is 6.16. The summed E-state index contributed by atoms with van der Waals surface area (Å²) < 4.78 is 113. The molecule has 0 aromatic heterocycles. The van der Waals surface area contributed by atoms with Crippen LogP contribution >= 0.6 is 0 Å². The van der Waals surface area contributed by atoms with Gasteiger partial charge in [-0.25, -0.2) is 0 Å². The molecular formula is C11H6F9NO2. The van der Waals surface area contributed by atoms with Gasteiger partial charge >= 0.3 is 18.7 Å². The maximum atomic E-state index is 12.3. The van der Waals surface area contributed by atoms with E-state index in [1.165, 1.54) is 5.32 Å². The van der Waals surface area contributed by atoms with Gasteiger partial charge in [-0.15, -0.1) is 13.2 Å². The van der Waals surface area contributed by atoms with Crippen LogP contribution in [0.5, 0.6) is 5.75 Å². The first-order valence-corrected chi connectivity index (χ1v) is 5.50. The Labute approximate surface area is 122 Å². The molecule has 130 valence electrons. The highest BCUT2D eigenvalue weighted by Crippen LogP contribution is 2.40. The van der Waals surface area contributed by atoms with Crippen molar-refractivity contribution in [3.63, 3.8) is 0 Å². The third kappa shape index (κ3) is 5.87. The largest absolute Gasteiger partial charge is 0.573 e. The molecule has 12 heteroatoms. The second-order valence-electron chi connectivity index (χ2n) is 4.08. The van der Waals surface area contributed by atoms with Crippen LogP contribution in [0.3, 0.4) is 0 Å². The molecule has 0 fully saturated rings. The van der Waals surface area contributed by atoms with E-state index in [-0.39, 0.29) is 0 Å². The first-order valence-electron chi connectivity index (χ1n) is 5.50. The minimum Gasteiger partial charge on any atom is -0.406 e. The Morgan fingerprint density at radius 1 is 0.870 bits per heavy atom. The minimum absolute atomic E-state index is 0.567. The first-order chi connectivity index (χ1) is 10.2. The van der Waals surface area contributed by atoms with Crippen molar-refractivity contribution in [1.29, 1.82) is 0 Å². The number of amides is 1. The van der Waals surface area contributed by atoms with Crippen LogP contribution in [0.4, 0.5) is 45.2 Å². The number of anilines is 1. The molecule has 0 unspecified atom stereocenters. The lowest BCUT2D eigenvalue weighted by molar-refractivity contribution is -0.275. The van der Waals surface area contributed by atoms with Crippen LogP contribution in [0.25, 0.3) is 0 Å². The van der Waals surface area contributed by atoms with Crippen LogP contribution in [0.2, 0.25) is 0 Å². The summed E-state index contributed by atoms with van der Waals surface area (Å²) >= 11 is 0. The lowest BCUT2D eigenvalue weighted by Gasteiger charge is -2.22. The highest BCUT2D eigenvalue weighted by Gasteiger charge is 2.61. The highest BCUT2D eigenvalue weighted by atomic mass is 19.4. The van der Waals surface area contributed by atoms with Crippen molar-refractivity contribution in [2.75, 3.05) is 5.32 Å². The number of carbonyl (C=O) groups is 1. The SMILES string of the molecule is O=C(Nc1ccc(OC(F)(F)F)cc1)C(C(F)(F)F)C(F)(F)F. The van der Waals surface area contributed by atoms with E-state index < -0.39 is 42.0 Å². The molecule has 1 N–H and O–H groups in total. The number of carbonyl (C=O) groups excluding carboxylic acids is 1. The zero-order valence-electron chi connectivity index (χ0n) is 10.6. The number of rotatable bonds is 3. The molecule has 3 nitrogen and oxygen atoms in total. The molecule has 23 heavy (non-hydrogen) atoms. The molecule has 0 heterocycles. The molecule has 0 bridgehead atoms. The van der Waals surface area contributed by atoms with Gasteiger partial charge < -0.3 is 10.1 Å². The lowest BCUT2D eigenvalue weighted by Crippen LogP contribution is -2.45. The van der Waals surface area contributed by atoms with Crippen LogP contribution in [0.15, 0.2) is 24.3 Å². The van der Waals surface area contributed by atoms with E-state index in [0.29, 0.717) is 24.3 Å². The van der Waals surface area contributed by atoms with Crippen molar-refractivity contribution in [2.24, 2.45) is 5.92 Å². The Kier molecular flexibility index (Phi) is 5.07. The van der Waals surface area contributed by atoms with Crippen molar-refractivity contribution in [3.8, 4) is 5.75 Å². The van der Waals surface area contributed by atoms with E-state index in [2.05, 4.69) is 4.74 Å². The molecular weight excluding hydrogens is 349 g/mol. The van der Waals surface area contributed by atoms with E-state index in [4.69, 9.17) is 0 Å². The summed E-state index contributed by atoms with van der Waals surface area (Å²) in [5, 5.41) is 1.33. The Morgan fingerprint density at radius 2 is 1.30 bits per heavy atom. The number of halogens is 9. The van der Waals surface area contributed by atoms with E-state index in [1.54, 1.807) is 0 Å². The number of hydrogen-bond donors (Lipinski definition) is 1. The van der Waals surface area contributed by atoms with Crippen molar-refractivity contribution in [3.05, 3.63) is 24.3 Å². The molecule has 0 spiro atoms. The summed E-state index contributed by atoms with van der Waals surface area (Å²) in [4.78, 5) is 11.2. The number of nitrogens with one attached hydrogen (secondary N) is 1. The quantitative estimate of drug-likeness (QED) is 0.823. The van der Waals surface area contributed by atoms with E-state index in [9.17, 15) is 44.3 Å². The Morgan fingerprint density at radius 3 is 1.65 bits per heavy atom. The summed E-state index contributed by atoms with van der Waals surface area (Å²) in [6.07, 6.45) is -16.8. The van der Waals surface area contributed by atoms with Crippen molar-refractivity contribution >= 4 is 11.6 Å². The lowest BCUT2D eigenvalue weighted by atomic mass is 10.1. The Balaban J connectivity index is 2.88. The van der Waals surface area contributed by atoms with Gasteiger partial charge in [0.2, 0.25) is 11.8 Å². The molecule has 0 saturated heterocycles. The van der Waals surface area contributed by atoms with Gasteiger partial charge in [0.1, 0.15) is 5.75 Å². The molecule has 0 atom stereocenters. The fourth-order valence-corrected chi connectivity index (χ4v) is 1.44. The van der Waals surface area contributed by atoms with E-state index >= 15 is 0 Å². The minimum atomic E-state index is -5.87. The van der Waals surface area contributed by atoms with Crippen molar-refractivity contribution in [2.45, 2.75) is 18.7 Å². The summed E-state index contributed by atoms with van der Waals surface area (Å²) in [5.74, 6) is -7.44. The van der Waals surface area contributed by atoms with Gasteiger partial charge in [0.25, 0.3) is 0 Å². The molecule has 1 amide bonds. The van der Waals surface area contributed by atoms with Crippen LogP contribution in [0, 0.1) is 5.92 Å². The molecule has 1 aromatic rings. The standard InChI is InChI=1S/C11H6F9NO2/c12-9(13,14)7(10(15,16)17)8(22)21-5-1-3-6(4-2-5)23-11(18,19)20/h1-4,7H,(H,21,22). The molecule has 1 rings (SSSR count). The molecule has 0 aliphatic heterocycles. The predicted octanol–water partition coefficient (Wildman–Crippen LogP) is 4.26. The van der Waals surface area contributed by atoms with Crippen LogP contribution in [-0.2, 0) is 4.79 Å². The van der Waals surface area contributed by atoms with Gasteiger partial charge in [-0.05, 0) is 24.3 Å². The normalized spacial score (nSPS) is 13.1. The summed E-state index contributed by atoms with van der Waals surface area (Å²) in [6.45, 7) is 0. The third-order valence-electron chi connectivity index (χ3n) is 2.27. The van der Waals surface area contributed by atoms with Gasteiger partial charge in [-0.1, -0.05) is 0 Å². The maximum absolute atomic E-state index is 12.3. The Bertz CT molecular complexity index is 531. The second-order valence-corrected chi connectivity index (χ2v) is 4.08. The summed E-state index contributed by atoms with van der Waals surface area (Å²) in [7, 11) is 0. The predicted molar refractivity (Wildman–Crippen MR) is 57.4 cm³/mol. The summed E-state index contributed by atoms with van der Waals surface area (Å²) in [6, 6.07) is 2.53. The topological polar surface area (TPSA) is 38.3 Å². The molecule has 1 aromatic carbocycles. The summed E-state index contributed by atoms with van der Waals surface area (Å²) in [5.41, 5.74) is -0.567. The van der Waals surface area contributed by atoms with Crippen LogP contribution in [-0.4, -0.2) is 24.6 Å². The zero-order valence-corrected chi connectivity index (χ0v) is 10.6. The molecule has 0 saturated carbocycles. The van der Waals surface area contributed by atoms with Gasteiger partial charge in [-0.3, -0.25) is 4.79 Å². The first kappa shape index (κ1) is 18.9. The number of benzene rings is 1. The molecule has 0 aliphatic carbocycles. The third-order valence-corrected chi connectivity index (χ3v) is 2.27. The smallest absolute Gasteiger partial charge is 0.406 e. The Hall–Kier alpha value is -2.14. The zero-order chi connectivity index (χ0) is 18.1. The van der Waals surface area contributed by atoms with Crippen molar-refractivity contribution in [1.82, 2.24) is 0 Å². The average molecular weight is 355 g/mol. The number of alkyl halides is 9. The van der Waals surface area contributed by atoms with Crippen LogP contribution in [0.1, 0.15) is 0 Å². The fraction of sp³-hybridized carbons (Fsp3) is 0.364. The molecule has 0 aliphatic rings. The van der Waals surface area contributed by atoms with Crippen LogP contribution < -0.4 is 10.1 Å². The molecule has 0 radical (unpaired) electrons. The van der Waals surface area contributed by atoms with Crippen molar-refractivity contribution < 1.29 is 49.0 Å². The van der Waals surface area contributed by atoms with Gasteiger partial charge in [0.05, 0.1) is 0 Å². The van der Waals surface area contributed by atoms with Gasteiger partial charge in [-0.2, -0.15) is 26.3 Å². The maximum Gasteiger partial charge on any atom is 0.573 e. The van der Waals surface area contributed by atoms with Gasteiger partial charge in [0.15, 0.2) is 0 Å².